The number of nitrogens with zero attached hydrogens (tertiary/aromatic N) is 1. The van der Waals surface area contributed by atoms with Crippen LogP contribution in [0.25, 0.3) is 0 Å². The second-order valence-corrected chi connectivity index (χ2v) is 3.78. The van der Waals surface area contributed by atoms with Crippen LogP contribution < -0.4 is 10.6 Å². The van der Waals surface area contributed by atoms with E-state index in [9.17, 15) is 14.4 Å². The lowest BCUT2D eigenvalue weighted by Gasteiger charge is -2.13. The van der Waals surface area contributed by atoms with Gasteiger partial charge in [0.15, 0.2) is 0 Å². The zero-order valence-corrected chi connectivity index (χ0v) is 10.2. The maximum atomic E-state index is 11.5. The van der Waals surface area contributed by atoms with Crippen LogP contribution in [0.15, 0.2) is 24.3 Å². The molecular weight excluding hydrogens is 266 g/mol. The molecule has 0 aliphatic heterocycles. The van der Waals surface area contributed by atoms with Crippen molar-refractivity contribution >= 4 is 23.7 Å². The molecule has 0 unspecified atom stereocenters. The van der Waals surface area contributed by atoms with Crippen LogP contribution in [0.3, 0.4) is 0 Å². The van der Waals surface area contributed by atoms with Crippen LogP contribution in [0, 0.1) is 11.3 Å². The maximum Gasteiger partial charge on any atom is 0.326 e. The molecule has 0 aliphatic rings. The van der Waals surface area contributed by atoms with E-state index in [0.29, 0.717) is 11.3 Å². The van der Waals surface area contributed by atoms with Gasteiger partial charge >= 0.3 is 18.0 Å². The number of nitriles is 1. The van der Waals surface area contributed by atoms with Crippen LogP contribution >= 0.6 is 0 Å². The average molecular weight is 277 g/mol. The molecule has 0 bridgehead atoms. The van der Waals surface area contributed by atoms with Crippen molar-refractivity contribution in [3.63, 3.8) is 0 Å². The topological polar surface area (TPSA) is 140 Å². The zero-order valence-electron chi connectivity index (χ0n) is 10.2. The standard InChI is InChI=1S/C12H11N3O5/c13-6-7-1-3-8(4-2-7)14-12(20)15-9(11(18)19)5-10(16)17/h1-4,9H,5H2,(H,16,17)(H,18,19)(H2,14,15,20)/t9-/m1/s1. The molecule has 8 heteroatoms. The summed E-state index contributed by atoms with van der Waals surface area (Å²) in [5, 5.41) is 30.3. The van der Waals surface area contributed by atoms with Gasteiger partial charge in [0.25, 0.3) is 0 Å². The molecule has 4 N–H and O–H groups in total. The van der Waals surface area contributed by atoms with Gasteiger partial charge in [-0.2, -0.15) is 5.26 Å². The lowest BCUT2D eigenvalue weighted by Crippen LogP contribution is -2.44. The molecule has 0 saturated heterocycles. The molecule has 104 valence electrons. The summed E-state index contributed by atoms with van der Waals surface area (Å²) in [6.07, 6.45) is -0.726. The van der Waals surface area contributed by atoms with Crippen LogP contribution in [-0.2, 0) is 9.59 Å². The monoisotopic (exact) mass is 277 g/mol. The summed E-state index contributed by atoms with van der Waals surface area (Å²) in [6, 6.07) is 5.41. The fourth-order valence-electron chi connectivity index (χ4n) is 1.33. The Morgan fingerprint density at radius 2 is 1.80 bits per heavy atom. The number of hydrogen-bond acceptors (Lipinski definition) is 4. The van der Waals surface area contributed by atoms with Crippen molar-refractivity contribution in [1.82, 2.24) is 5.32 Å². The highest BCUT2D eigenvalue weighted by Crippen LogP contribution is 2.08. The molecule has 0 heterocycles. The van der Waals surface area contributed by atoms with E-state index in [2.05, 4.69) is 5.32 Å². The minimum atomic E-state index is -1.52. The Morgan fingerprint density at radius 3 is 2.25 bits per heavy atom. The number of carboxylic acids is 2. The van der Waals surface area contributed by atoms with Gasteiger partial charge < -0.3 is 20.8 Å². The number of amides is 2. The lowest BCUT2D eigenvalue weighted by atomic mass is 10.2. The normalized spacial score (nSPS) is 10.9. The first kappa shape index (κ1) is 15.0. The van der Waals surface area contributed by atoms with E-state index in [4.69, 9.17) is 15.5 Å². The van der Waals surface area contributed by atoms with Gasteiger partial charge in [-0.3, -0.25) is 4.79 Å². The molecule has 8 nitrogen and oxygen atoms in total. The molecule has 0 spiro atoms. The molecule has 0 saturated carbocycles. The third-order valence-electron chi connectivity index (χ3n) is 2.25. The number of nitrogens with one attached hydrogen (secondary N) is 2. The van der Waals surface area contributed by atoms with Crippen molar-refractivity contribution in [1.29, 1.82) is 5.26 Å². The molecule has 1 aromatic rings. The van der Waals surface area contributed by atoms with Crippen LogP contribution in [0.1, 0.15) is 12.0 Å². The number of carbonyl (C=O) groups is 3. The van der Waals surface area contributed by atoms with Crippen molar-refractivity contribution in [2.24, 2.45) is 0 Å². The number of hydrogen-bond donors (Lipinski definition) is 4. The van der Waals surface area contributed by atoms with Crippen molar-refractivity contribution in [2.45, 2.75) is 12.5 Å². The summed E-state index contributed by atoms with van der Waals surface area (Å²) in [6.45, 7) is 0. The summed E-state index contributed by atoms with van der Waals surface area (Å²) >= 11 is 0. The minimum absolute atomic E-state index is 0.348. The minimum Gasteiger partial charge on any atom is -0.481 e. The molecule has 20 heavy (non-hydrogen) atoms. The maximum absolute atomic E-state index is 11.5. The van der Waals surface area contributed by atoms with Crippen molar-refractivity contribution in [2.75, 3.05) is 5.32 Å². The number of carboxylic acid groups (broad SMARTS) is 2. The van der Waals surface area contributed by atoms with Gasteiger partial charge in [0.1, 0.15) is 6.04 Å². The van der Waals surface area contributed by atoms with E-state index in [1.54, 1.807) is 0 Å². The summed E-state index contributed by atoms with van der Waals surface area (Å²) in [5.74, 6) is -2.78. The fourth-order valence-corrected chi connectivity index (χ4v) is 1.33. The Balaban J connectivity index is 2.63. The van der Waals surface area contributed by atoms with Gasteiger partial charge in [-0.25, -0.2) is 9.59 Å². The zero-order chi connectivity index (χ0) is 15.1. The fraction of sp³-hybridized carbons (Fsp3) is 0.167. The molecule has 2 amide bonds. The second kappa shape index (κ2) is 6.75. The van der Waals surface area contributed by atoms with Crippen LogP contribution in [0.4, 0.5) is 10.5 Å². The molecule has 1 atom stereocenters. The Labute approximate surface area is 113 Å². The molecule has 0 aromatic heterocycles. The highest BCUT2D eigenvalue weighted by molar-refractivity contribution is 5.93. The third kappa shape index (κ3) is 4.66. The Hall–Kier alpha value is -3.08. The smallest absolute Gasteiger partial charge is 0.326 e. The number of urea groups is 1. The van der Waals surface area contributed by atoms with Crippen molar-refractivity contribution in [3.8, 4) is 6.07 Å². The first-order valence-electron chi connectivity index (χ1n) is 5.44. The quantitative estimate of drug-likeness (QED) is 0.621. The summed E-state index contributed by atoms with van der Waals surface area (Å²) < 4.78 is 0. The van der Waals surface area contributed by atoms with E-state index in [-0.39, 0.29) is 0 Å². The van der Waals surface area contributed by atoms with E-state index in [0.717, 1.165) is 0 Å². The van der Waals surface area contributed by atoms with E-state index in [1.165, 1.54) is 24.3 Å². The number of aliphatic carboxylic acids is 2. The molecule has 1 aromatic carbocycles. The average Bonchev–Trinajstić information content (AvgIpc) is 2.38. The predicted molar refractivity (Wildman–Crippen MR) is 67.0 cm³/mol. The Bertz CT molecular complexity index is 561. The number of rotatable bonds is 5. The van der Waals surface area contributed by atoms with Gasteiger partial charge in [-0.05, 0) is 24.3 Å². The first-order valence-corrected chi connectivity index (χ1v) is 5.44. The third-order valence-corrected chi connectivity index (χ3v) is 2.25. The number of anilines is 1. The summed E-state index contributed by atoms with van der Waals surface area (Å²) in [7, 11) is 0. The van der Waals surface area contributed by atoms with Crippen LogP contribution in [-0.4, -0.2) is 34.2 Å². The Morgan fingerprint density at radius 1 is 1.20 bits per heavy atom. The lowest BCUT2D eigenvalue weighted by molar-refractivity contribution is -0.145. The number of benzene rings is 1. The van der Waals surface area contributed by atoms with Gasteiger partial charge in [-0.15, -0.1) is 0 Å². The SMILES string of the molecule is N#Cc1ccc(NC(=O)N[C@H](CC(=O)O)C(=O)O)cc1. The van der Waals surface area contributed by atoms with Crippen molar-refractivity contribution in [3.05, 3.63) is 29.8 Å². The highest BCUT2D eigenvalue weighted by Gasteiger charge is 2.22. The molecule has 0 radical (unpaired) electrons. The molecule has 0 aliphatic carbocycles. The largest absolute Gasteiger partial charge is 0.481 e. The van der Waals surface area contributed by atoms with Gasteiger partial charge in [-0.1, -0.05) is 0 Å². The highest BCUT2D eigenvalue weighted by atomic mass is 16.4. The van der Waals surface area contributed by atoms with Crippen molar-refractivity contribution < 1.29 is 24.6 Å². The Kier molecular flexibility index (Phi) is 5.05. The van der Waals surface area contributed by atoms with Gasteiger partial charge in [0, 0.05) is 5.69 Å². The predicted octanol–water partition coefficient (Wildman–Crippen LogP) is 0.608. The van der Waals surface area contributed by atoms with E-state index in [1.807, 2.05) is 11.4 Å². The van der Waals surface area contributed by atoms with E-state index < -0.39 is 30.4 Å². The summed E-state index contributed by atoms with van der Waals surface area (Å²) in [4.78, 5) is 32.7. The van der Waals surface area contributed by atoms with E-state index >= 15 is 0 Å². The van der Waals surface area contributed by atoms with Crippen LogP contribution in [0.5, 0.6) is 0 Å². The summed E-state index contributed by atoms with van der Waals surface area (Å²) in [5.41, 5.74) is 0.756. The second-order valence-electron chi connectivity index (χ2n) is 3.78. The number of carbonyl (C=O) groups excluding carboxylic acids is 1. The molecule has 1 rings (SSSR count). The molecule has 0 fully saturated rings. The first-order chi connectivity index (χ1) is 9.42. The van der Waals surface area contributed by atoms with Crippen LogP contribution in [0.2, 0.25) is 0 Å². The molecular formula is C12H11N3O5. The van der Waals surface area contributed by atoms with Gasteiger partial charge in [0.2, 0.25) is 0 Å². The van der Waals surface area contributed by atoms with Gasteiger partial charge in [0.05, 0.1) is 18.1 Å².